The lowest BCUT2D eigenvalue weighted by Crippen LogP contribution is -2.50. The molecule has 1 aromatic rings. The SMILES string of the molecule is COc1cc(Br)ccc1NC1CC(NC(=O)OC(C)(C)C)C1. The van der Waals surface area contributed by atoms with Gasteiger partial charge in [0.2, 0.25) is 0 Å². The highest BCUT2D eigenvalue weighted by Crippen LogP contribution is 2.32. The molecule has 1 aromatic carbocycles. The monoisotopic (exact) mass is 370 g/mol. The van der Waals surface area contributed by atoms with Crippen molar-refractivity contribution in [3.63, 3.8) is 0 Å². The maximum atomic E-state index is 11.7. The second-order valence-electron chi connectivity index (χ2n) is 6.50. The van der Waals surface area contributed by atoms with E-state index in [-0.39, 0.29) is 12.1 Å². The molecule has 0 saturated heterocycles. The number of ether oxygens (including phenoxy) is 2. The third kappa shape index (κ3) is 4.80. The van der Waals surface area contributed by atoms with E-state index in [4.69, 9.17) is 9.47 Å². The highest BCUT2D eigenvalue weighted by Gasteiger charge is 2.32. The summed E-state index contributed by atoms with van der Waals surface area (Å²) in [5.74, 6) is 0.804. The van der Waals surface area contributed by atoms with Crippen LogP contribution in [0.4, 0.5) is 10.5 Å². The molecule has 0 heterocycles. The summed E-state index contributed by atoms with van der Waals surface area (Å²) >= 11 is 3.43. The predicted molar refractivity (Wildman–Crippen MR) is 90.5 cm³/mol. The Labute approximate surface area is 139 Å². The molecule has 0 atom stereocenters. The number of nitrogens with one attached hydrogen (secondary N) is 2. The Morgan fingerprint density at radius 2 is 1.95 bits per heavy atom. The van der Waals surface area contributed by atoms with Gasteiger partial charge in [0.1, 0.15) is 11.4 Å². The van der Waals surface area contributed by atoms with Crippen LogP contribution in [0.5, 0.6) is 5.75 Å². The van der Waals surface area contributed by atoms with Crippen molar-refractivity contribution in [1.29, 1.82) is 0 Å². The normalized spacial score (nSPS) is 20.8. The zero-order chi connectivity index (χ0) is 16.3. The molecular formula is C16H23BrN2O3. The van der Waals surface area contributed by atoms with Crippen LogP contribution in [-0.2, 0) is 4.74 Å². The molecule has 0 bridgehead atoms. The van der Waals surface area contributed by atoms with Crippen molar-refractivity contribution in [1.82, 2.24) is 5.32 Å². The van der Waals surface area contributed by atoms with Crippen molar-refractivity contribution in [3.8, 4) is 5.75 Å². The predicted octanol–water partition coefficient (Wildman–Crippen LogP) is 3.93. The van der Waals surface area contributed by atoms with E-state index < -0.39 is 5.60 Å². The molecule has 0 aliphatic heterocycles. The average molecular weight is 371 g/mol. The number of hydrogen-bond acceptors (Lipinski definition) is 4. The minimum atomic E-state index is -0.462. The largest absolute Gasteiger partial charge is 0.495 e. The van der Waals surface area contributed by atoms with Crippen molar-refractivity contribution in [2.24, 2.45) is 0 Å². The van der Waals surface area contributed by atoms with Crippen LogP contribution in [0.25, 0.3) is 0 Å². The third-order valence-corrected chi connectivity index (χ3v) is 3.88. The fourth-order valence-corrected chi connectivity index (χ4v) is 2.67. The number of benzene rings is 1. The van der Waals surface area contributed by atoms with E-state index in [1.165, 1.54) is 0 Å². The van der Waals surface area contributed by atoms with E-state index in [0.29, 0.717) is 6.04 Å². The molecule has 1 fully saturated rings. The fourth-order valence-electron chi connectivity index (χ4n) is 2.33. The van der Waals surface area contributed by atoms with Crippen LogP contribution in [0.2, 0.25) is 0 Å². The summed E-state index contributed by atoms with van der Waals surface area (Å²) in [5, 5.41) is 6.33. The lowest BCUT2D eigenvalue weighted by atomic mass is 9.86. The van der Waals surface area contributed by atoms with E-state index in [2.05, 4.69) is 26.6 Å². The molecule has 1 aliphatic carbocycles. The zero-order valence-electron chi connectivity index (χ0n) is 13.4. The van der Waals surface area contributed by atoms with Crippen molar-refractivity contribution in [3.05, 3.63) is 22.7 Å². The molecule has 0 aromatic heterocycles. The number of hydrogen-bond donors (Lipinski definition) is 2. The summed E-state index contributed by atoms with van der Waals surface area (Å²) < 4.78 is 11.6. The summed E-state index contributed by atoms with van der Waals surface area (Å²) in [6, 6.07) is 6.37. The molecule has 22 heavy (non-hydrogen) atoms. The third-order valence-electron chi connectivity index (χ3n) is 3.38. The van der Waals surface area contributed by atoms with Gasteiger partial charge in [-0.15, -0.1) is 0 Å². The molecule has 1 aliphatic rings. The molecule has 122 valence electrons. The Bertz CT molecular complexity index is 537. The number of carbonyl (C=O) groups excluding carboxylic acids is 1. The Balaban J connectivity index is 1.79. The molecule has 2 rings (SSSR count). The first-order valence-electron chi connectivity index (χ1n) is 7.36. The molecule has 0 unspecified atom stereocenters. The van der Waals surface area contributed by atoms with Gasteiger partial charge in [0.05, 0.1) is 12.8 Å². The van der Waals surface area contributed by atoms with Gasteiger partial charge in [0.25, 0.3) is 0 Å². The van der Waals surface area contributed by atoms with Crippen LogP contribution >= 0.6 is 15.9 Å². The smallest absolute Gasteiger partial charge is 0.407 e. The van der Waals surface area contributed by atoms with Crippen LogP contribution in [-0.4, -0.2) is 30.9 Å². The fraction of sp³-hybridized carbons (Fsp3) is 0.562. The summed E-state index contributed by atoms with van der Waals surface area (Å²) in [5.41, 5.74) is 0.502. The first-order valence-corrected chi connectivity index (χ1v) is 8.16. The maximum Gasteiger partial charge on any atom is 0.407 e. The van der Waals surface area contributed by atoms with Crippen LogP contribution in [0, 0.1) is 0 Å². The van der Waals surface area contributed by atoms with E-state index >= 15 is 0 Å². The van der Waals surface area contributed by atoms with Gasteiger partial charge >= 0.3 is 6.09 Å². The summed E-state index contributed by atoms with van der Waals surface area (Å²) in [7, 11) is 1.65. The van der Waals surface area contributed by atoms with Gasteiger partial charge in [-0.3, -0.25) is 0 Å². The molecule has 0 spiro atoms. The van der Waals surface area contributed by atoms with Gasteiger partial charge in [0.15, 0.2) is 0 Å². The van der Waals surface area contributed by atoms with E-state index in [1.807, 2.05) is 39.0 Å². The second kappa shape index (κ2) is 6.77. The van der Waals surface area contributed by atoms with E-state index in [9.17, 15) is 4.79 Å². The summed E-state index contributed by atoms with van der Waals surface area (Å²) in [6.07, 6.45) is 1.40. The number of carbonyl (C=O) groups is 1. The number of methoxy groups -OCH3 is 1. The Hall–Kier alpha value is -1.43. The number of alkyl carbamates (subject to hydrolysis) is 1. The number of amides is 1. The van der Waals surface area contributed by atoms with Gasteiger partial charge in [-0.1, -0.05) is 15.9 Å². The van der Waals surface area contributed by atoms with Gasteiger partial charge in [-0.25, -0.2) is 4.79 Å². The molecule has 5 nitrogen and oxygen atoms in total. The topological polar surface area (TPSA) is 59.6 Å². The van der Waals surface area contributed by atoms with E-state index in [1.54, 1.807) is 7.11 Å². The number of anilines is 1. The first kappa shape index (κ1) is 16.9. The zero-order valence-corrected chi connectivity index (χ0v) is 15.0. The minimum Gasteiger partial charge on any atom is -0.495 e. The minimum absolute atomic E-state index is 0.161. The van der Waals surface area contributed by atoms with Gasteiger partial charge in [-0.05, 0) is 51.8 Å². The van der Waals surface area contributed by atoms with Crippen molar-refractivity contribution in [2.45, 2.75) is 51.3 Å². The standard InChI is InChI=1S/C16H23BrN2O3/c1-16(2,3)22-15(20)19-12-8-11(9-12)18-13-6-5-10(17)7-14(13)21-4/h5-7,11-12,18H,8-9H2,1-4H3,(H,19,20). The van der Waals surface area contributed by atoms with Crippen LogP contribution in [0.1, 0.15) is 33.6 Å². The van der Waals surface area contributed by atoms with Gasteiger partial charge in [0, 0.05) is 16.6 Å². The van der Waals surface area contributed by atoms with Crippen LogP contribution in [0.3, 0.4) is 0 Å². The number of rotatable bonds is 4. The molecule has 0 radical (unpaired) electrons. The first-order chi connectivity index (χ1) is 10.3. The van der Waals surface area contributed by atoms with Crippen molar-refractivity contribution >= 4 is 27.7 Å². The van der Waals surface area contributed by atoms with Crippen LogP contribution < -0.4 is 15.4 Å². The quantitative estimate of drug-likeness (QED) is 0.842. The summed E-state index contributed by atoms with van der Waals surface area (Å²) in [6.45, 7) is 5.58. The second-order valence-corrected chi connectivity index (χ2v) is 7.42. The van der Waals surface area contributed by atoms with Gasteiger partial charge < -0.3 is 20.1 Å². The summed E-state index contributed by atoms with van der Waals surface area (Å²) in [4.78, 5) is 11.7. The van der Waals surface area contributed by atoms with Crippen molar-refractivity contribution < 1.29 is 14.3 Å². The van der Waals surface area contributed by atoms with E-state index in [0.717, 1.165) is 28.8 Å². The molecule has 1 saturated carbocycles. The molecule has 1 amide bonds. The lowest BCUT2D eigenvalue weighted by molar-refractivity contribution is 0.0475. The van der Waals surface area contributed by atoms with Crippen LogP contribution in [0.15, 0.2) is 22.7 Å². The molecule has 6 heteroatoms. The van der Waals surface area contributed by atoms with Gasteiger partial charge in [-0.2, -0.15) is 0 Å². The Morgan fingerprint density at radius 1 is 1.27 bits per heavy atom. The lowest BCUT2D eigenvalue weighted by Gasteiger charge is -2.37. The van der Waals surface area contributed by atoms with Crippen molar-refractivity contribution in [2.75, 3.05) is 12.4 Å². The highest BCUT2D eigenvalue weighted by atomic mass is 79.9. The molecular weight excluding hydrogens is 348 g/mol. The number of halogens is 1. The maximum absolute atomic E-state index is 11.7. The Morgan fingerprint density at radius 3 is 2.55 bits per heavy atom. The Kier molecular flexibility index (Phi) is 5.21. The average Bonchev–Trinajstić information content (AvgIpc) is 2.35. The highest BCUT2D eigenvalue weighted by molar-refractivity contribution is 9.10. The molecule has 2 N–H and O–H groups in total.